The van der Waals surface area contributed by atoms with Crippen LogP contribution in [0, 0.1) is 5.41 Å². The van der Waals surface area contributed by atoms with Crippen molar-refractivity contribution in [3.8, 4) is 5.75 Å². The molecule has 0 aliphatic carbocycles. The lowest BCUT2D eigenvalue weighted by Crippen LogP contribution is -2.17. The zero-order valence-electron chi connectivity index (χ0n) is 12.6. The molecule has 0 radical (unpaired) electrons. The standard InChI is InChI=1S/C18H18ClN3O/c19-16-7-2-1-6-14(16)18(15-10-21-11-17(15)20)22-9-12-4-3-5-13(23)8-12/h1-8,20-23H,9-11H2/b18-15-,20-17?. The van der Waals surface area contributed by atoms with Gasteiger partial charge in [0.1, 0.15) is 5.75 Å². The van der Waals surface area contributed by atoms with Crippen LogP contribution in [0.4, 0.5) is 0 Å². The summed E-state index contributed by atoms with van der Waals surface area (Å²) in [5.41, 5.74) is 4.22. The normalized spacial score (nSPS) is 16.5. The largest absolute Gasteiger partial charge is 0.508 e. The molecule has 1 heterocycles. The van der Waals surface area contributed by atoms with Gasteiger partial charge in [0, 0.05) is 41.5 Å². The Bertz CT molecular complexity index is 770. The number of phenols is 1. The van der Waals surface area contributed by atoms with Crippen molar-refractivity contribution >= 4 is 23.0 Å². The maximum absolute atomic E-state index is 9.59. The maximum Gasteiger partial charge on any atom is 0.115 e. The summed E-state index contributed by atoms with van der Waals surface area (Å²) in [5, 5.41) is 25.0. The Morgan fingerprint density at radius 3 is 2.70 bits per heavy atom. The molecule has 1 aliphatic rings. The van der Waals surface area contributed by atoms with E-state index < -0.39 is 0 Å². The molecule has 1 aliphatic heterocycles. The Morgan fingerprint density at radius 2 is 2.00 bits per heavy atom. The molecule has 4 N–H and O–H groups in total. The third kappa shape index (κ3) is 3.55. The minimum atomic E-state index is 0.242. The molecular weight excluding hydrogens is 310 g/mol. The van der Waals surface area contributed by atoms with E-state index in [1.165, 1.54) is 0 Å². The van der Waals surface area contributed by atoms with Gasteiger partial charge in [-0.2, -0.15) is 0 Å². The van der Waals surface area contributed by atoms with Crippen LogP contribution in [0.5, 0.6) is 5.75 Å². The summed E-state index contributed by atoms with van der Waals surface area (Å²) in [7, 11) is 0. The smallest absolute Gasteiger partial charge is 0.115 e. The summed E-state index contributed by atoms with van der Waals surface area (Å²) in [5.74, 6) is 0.242. The first-order chi connectivity index (χ1) is 11.1. The van der Waals surface area contributed by atoms with Crippen molar-refractivity contribution in [1.82, 2.24) is 10.6 Å². The van der Waals surface area contributed by atoms with E-state index in [2.05, 4.69) is 10.6 Å². The van der Waals surface area contributed by atoms with Crippen LogP contribution in [0.3, 0.4) is 0 Å². The maximum atomic E-state index is 9.59. The molecule has 0 atom stereocenters. The minimum Gasteiger partial charge on any atom is -0.508 e. The van der Waals surface area contributed by atoms with Gasteiger partial charge in [-0.1, -0.05) is 41.9 Å². The van der Waals surface area contributed by atoms with Crippen molar-refractivity contribution in [2.45, 2.75) is 6.54 Å². The first-order valence-corrected chi connectivity index (χ1v) is 7.81. The van der Waals surface area contributed by atoms with Crippen molar-refractivity contribution in [3.05, 3.63) is 70.3 Å². The molecule has 118 valence electrons. The molecule has 0 amide bonds. The van der Waals surface area contributed by atoms with E-state index in [0.717, 1.165) is 22.4 Å². The number of benzene rings is 2. The molecule has 0 aromatic heterocycles. The van der Waals surface area contributed by atoms with Gasteiger partial charge in [0.25, 0.3) is 0 Å². The second-order valence-corrected chi connectivity index (χ2v) is 5.85. The van der Waals surface area contributed by atoms with Crippen molar-refractivity contribution in [3.63, 3.8) is 0 Å². The third-order valence-electron chi connectivity index (χ3n) is 3.79. The van der Waals surface area contributed by atoms with E-state index in [1.54, 1.807) is 12.1 Å². The van der Waals surface area contributed by atoms with Gasteiger partial charge in [0.2, 0.25) is 0 Å². The summed E-state index contributed by atoms with van der Waals surface area (Å²) < 4.78 is 0. The Morgan fingerprint density at radius 1 is 1.17 bits per heavy atom. The van der Waals surface area contributed by atoms with Gasteiger partial charge >= 0.3 is 0 Å². The van der Waals surface area contributed by atoms with Gasteiger partial charge in [-0.25, -0.2) is 0 Å². The van der Waals surface area contributed by atoms with Crippen LogP contribution in [0.25, 0.3) is 5.70 Å². The molecule has 5 heteroatoms. The molecule has 1 fully saturated rings. The van der Waals surface area contributed by atoms with Gasteiger partial charge in [-0.3, -0.25) is 0 Å². The molecule has 2 aromatic rings. The summed E-state index contributed by atoms with van der Waals surface area (Å²) in [6, 6.07) is 14.7. The molecule has 2 aromatic carbocycles. The summed E-state index contributed by atoms with van der Waals surface area (Å²) in [6.07, 6.45) is 0. The lowest BCUT2D eigenvalue weighted by Gasteiger charge is -2.16. The van der Waals surface area contributed by atoms with Crippen LogP contribution >= 0.6 is 11.6 Å². The molecule has 0 spiro atoms. The fraction of sp³-hybridized carbons (Fsp3) is 0.167. The van der Waals surface area contributed by atoms with Crippen LogP contribution in [-0.2, 0) is 6.54 Å². The summed E-state index contributed by atoms with van der Waals surface area (Å²) in [4.78, 5) is 0. The van der Waals surface area contributed by atoms with Crippen LogP contribution < -0.4 is 10.6 Å². The van der Waals surface area contributed by atoms with Crippen molar-refractivity contribution in [2.75, 3.05) is 13.1 Å². The number of aromatic hydroxyl groups is 1. The molecule has 0 bridgehead atoms. The average Bonchev–Trinajstić information content (AvgIpc) is 2.95. The van der Waals surface area contributed by atoms with E-state index >= 15 is 0 Å². The van der Waals surface area contributed by atoms with Crippen LogP contribution in [-0.4, -0.2) is 23.9 Å². The van der Waals surface area contributed by atoms with Crippen molar-refractivity contribution < 1.29 is 5.11 Å². The third-order valence-corrected chi connectivity index (χ3v) is 4.12. The number of hydrogen-bond acceptors (Lipinski definition) is 4. The SMILES string of the molecule is N=C1CNC/C1=C(/NCc1cccc(O)c1)c1ccccc1Cl. The lowest BCUT2D eigenvalue weighted by molar-refractivity contribution is 0.474. The highest BCUT2D eigenvalue weighted by Crippen LogP contribution is 2.26. The van der Waals surface area contributed by atoms with E-state index in [4.69, 9.17) is 17.0 Å². The number of phenolic OH excluding ortho intramolecular Hbond substituents is 1. The van der Waals surface area contributed by atoms with Crippen LogP contribution in [0.2, 0.25) is 5.02 Å². The van der Waals surface area contributed by atoms with Gasteiger partial charge in [0.05, 0.1) is 5.71 Å². The fourth-order valence-electron chi connectivity index (χ4n) is 2.65. The molecule has 4 nitrogen and oxygen atoms in total. The Kier molecular flexibility index (Phi) is 4.65. The van der Waals surface area contributed by atoms with E-state index in [9.17, 15) is 5.11 Å². The predicted molar refractivity (Wildman–Crippen MR) is 93.9 cm³/mol. The zero-order chi connectivity index (χ0) is 16.2. The topological polar surface area (TPSA) is 68.1 Å². The van der Waals surface area contributed by atoms with Crippen LogP contribution in [0.15, 0.2) is 54.1 Å². The highest BCUT2D eigenvalue weighted by atomic mass is 35.5. The molecule has 0 saturated carbocycles. The number of nitrogens with one attached hydrogen (secondary N) is 3. The van der Waals surface area contributed by atoms with E-state index in [-0.39, 0.29) is 5.75 Å². The second-order valence-electron chi connectivity index (χ2n) is 5.44. The first-order valence-electron chi connectivity index (χ1n) is 7.43. The number of rotatable bonds is 4. The number of hydrogen-bond donors (Lipinski definition) is 4. The van der Waals surface area contributed by atoms with E-state index in [1.807, 2.05) is 36.4 Å². The Labute approximate surface area is 140 Å². The quantitative estimate of drug-likeness (QED) is 0.697. The number of halogens is 1. The lowest BCUT2D eigenvalue weighted by atomic mass is 10.0. The van der Waals surface area contributed by atoms with Gasteiger partial charge < -0.3 is 21.1 Å². The monoisotopic (exact) mass is 327 g/mol. The minimum absolute atomic E-state index is 0.242. The summed E-state index contributed by atoms with van der Waals surface area (Å²) in [6.45, 7) is 1.76. The summed E-state index contributed by atoms with van der Waals surface area (Å²) >= 11 is 6.35. The molecular formula is C18H18ClN3O. The molecule has 0 unspecified atom stereocenters. The average molecular weight is 328 g/mol. The molecule has 23 heavy (non-hydrogen) atoms. The van der Waals surface area contributed by atoms with Crippen molar-refractivity contribution in [1.29, 1.82) is 5.41 Å². The first kappa shape index (κ1) is 15.6. The molecule has 3 rings (SSSR count). The van der Waals surface area contributed by atoms with E-state index in [0.29, 0.717) is 30.4 Å². The highest BCUT2D eigenvalue weighted by Gasteiger charge is 2.20. The highest BCUT2D eigenvalue weighted by molar-refractivity contribution is 6.32. The van der Waals surface area contributed by atoms with Crippen molar-refractivity contribution in [2.24, 2.45) is 0 Å². The molecule has 1 saturated heterocycles. The Hall–Kier alpha value is -2.30. The fourth-order valence-corrected chi connectivity index (χ4v) is 2.88. The second kappa shape index (κ2) is 6.86. The van der Waals surface area contributed by atoms with Gasteiger partial charge in [0.15, 0.2) is 0 Å². The van der Waals surface area contributed by atoms with Gasteiger partial charge in [-0.15, -0.1) is 0 Å². The Balaban J connectivity index is 1.94. The zero-order valence-corrected chi connectivity index (χ0v) is 13.3. The predicted octanol–water partition coefficient (Wildman–Crippen LogP) is 3.17. The van der Waals surface area contributed by atoms with Crippen LogP contribution in [0.1, 0.15) is 11.1 Å². The van der Waals surface area contributed by atoms with Gasteiger partial charge in [-0.05, 0) is 23.8 Å².